The third-order valence-electron chi connectivity index (χ3n) is 7.95. The number of phenolic OH excluding ortho intramolecular Hbond substituents is 2. The largest absolute Gasteiger partial charge is 0.547 e. The van der Waals surface area contributed by atoms with Crippen LogP contribution in [0.5, 0.6) is 17.2 Å². The summed E-state index contributed by atoms with van der Waals surface area (Å²) >= 11 is 6.08. The Morgan fingerprint density at radius 2 is 1.72 bits per heavy atom. The number of nitrogens with zero attached hydrogens (tertiary/aromatic N) is 2. The van der Waals surface area contributed by atoms with Gasteiger partial charge in [0.25, 0.3) is 0 Å². The minimum atomic E-state index is -4.72. The van der Waals surface area contributed by atoms with E-state index < -0.39 is 103 Å². The van der Waals surface area contributed by atoms with Crippen LogP contribution >= 0.6 is 19.2 Å². The Labute approximate surface area is 286 Å². The average molecular weight is 735 g/mol. The normalized spacial score (nSPS) is 16.7. The molecule has 2 aliphatic heterocycles. The number of urea groups is 1. The molecular formula is C29H26BClFN4O13P. The molecule has 21 heteroatoms. The molecule has 262 valence electrons. The van der Waals surface area contributed by atoms with Crippen molar-refractivity contribution in [3.63, 3.8) is 0 Å². The smallest absolute Gasteiger partial charge is 0.534 e. The molecule has 2 heterocycles. The summed E-state index contributed by atoms with van der Waals surface area (Å²) in [5.41, 5.74) is -0.820. The summed E-state index contributed by atoms with van der Waals surface area (Å²) in [5.74, 6) is -9.19. The first-order valence-electron chi connectivity index (χ1n) is 14.4. The molecule has 1 fully saturated rings. The van der Waals surface area contributed by atoms with E-state index in [0.29, 0.717) is 4.90 Å². The third-order valence-corrected chi connectivity index (χ3v) is 9.28. The number of piperazine rings is 1. The quantitative estimate of drug-likeness (QED) is 0.0664. The number of carboxylic acid groups (broad SMARTS) is 1. The van der Waals surface area contributed by atoms with Gasteiger partial charge in [-0.3, -0.25) is 23.8 Å². The number of hydrogen-bond acceptors (Lipinski definition) is 10. The van der Waals surface area contributed by atoms with Crippen LogP contribution in [0.3, 0.4) is 0 Å². The fraction of sp³-hybridized carbons (Fsp3) is 0.207. The second-order valence-corrected chi connectivity index (χ2v) is 13.2. The lowest BCUT2D eigenvalue weighted by Gasteiger charge is -2.34. The molecule has 3 aromatic carbocycles. The Morgan fingerprint density at radius 1 is 1.04 bits per heavy atom. The zero-order valence-corrected chi connectivity index (χ0v) is 27.0. The SMILES string of the molecule is O=C(O)c1c(F)ccc2c1OB(O)[C@@H](NC(=O)C(NC(=O)N1CCN(Cc3c(Cl)ccc(O)c3O)C(=O)C1=O)c1ccc(P(=O)(O)O)cc1)C2. The van der Waals surface area contributed by atoms with E-state index in [4.69, 9.17) is 16.3 Å². The van der Waals surface area contributed by atoms with Crippen molar-refractivity contribution in [2.75, 3.05) is 13.1 Å². The number of halogens is 2. The van der Waals surface area contributed by atoms with E-state index >= 15 is 0 Å². The molecule has 1 unspecified atom stereocenters. The molecule has 8 N–H and O–H groups in total. The summed E-state index contributed by atoms with van der Waals surface area (Å²) in [4.78, 5) is 85.1. The molecule has 0 aromatic heterocycles. The first-order chi connectivity index (χ1) is 23.5. The Bertz CT molecular complexity index is 1960. The Morgan fingerprint density at radius 3 is 2.36 bits per heavy atom. The highest BCUT2D eigenvalue weighted by Gasteiger charge is 2.42. The molecule has 3 aromatic rings. The number of fused-ring (bicyclic) bond motifs is 1. The van der Waals surface area contributed by atoms with E-state index in [1.807, 2.05) is 0 Å². The second-order valence-electron chi connectivity index (χ2n) is 11.1. The van der Waals surface area contributed by atoms with E-state index in [9.17, 15) is 63.1 Å². The molecule has 0 saturated carbocycles. The zero-order valence-electron chi connectivity index (χ0n) is 25.3. The summed E-state index contributed by atoms with van der Waals surface area (Å²) in [7, 11) is -6.62. The Balaban J connectivity index is 1.36. The topological polar surface area (TPSA) is 264 Å². The van der Waals surface area contributed by atoms with Crippen LogP contribution in [0, 0.1) is 5.82 Å². The van der Waals surface area contributed by atoms with Crippen molar-refractivity contribution in [3.8, 4) is 17.2 Å². The molecule has 5 amide bonds. The minimum Gasteiger partial charge on any atom is -0.534 e. The summed E-state index contributed by atoms with van der Waals surface area (Å²) < 4.78 is 31.1. The molecule has 2 aliphatic rings. The van der Waals surface area contributed by atoms with Gasteiger partial charge in [-0.25, -0.2) is 14.0 Å². The van der Waals surface area contributed by atoms with Crippen LogP contribution < -0.4 is 20.6 Å². The van der Waals surface area contributed by atoms with Crippen LogP contribution in [-0.2, 0) is 31.9 Å². The zero-order chi connectivity index (χ0) is 36.7. The number of nitrogens with one attached hydrogen (secondary N) is 2. The molecule has 2 atom stereocenters. The summed E-state index contributed by atoms with van der Waals surface area (Å²) in [5, 5.41) is 44.3. The van der Waals surface area contributed by atoms with Gasteiger partial charge in [0.15, 0.2) is 11.5 Å². The Hall–Kier alpha value is -5.20. The van der Waals surface area contributed by atoms with Crippen molar-refractivity contribution in [1.29, 1.82) is 0 Å². The van der Waals surface area contributed by atoms with Crippen LogP contribution in [-0.4, -0.2) is 95.8 Å². The Kier molecular flexibility index (Phi) is 10.1. The number of aromatic carboxylic acids is 1. The second kappa shape index (κ2) is 14.0. The van der Waals surface area contributed by atoms with Crippen molar-refractivity contribution in [1.82, 2.24) is 20.4 Å². The first kappa shape index (κ1) is 36.1. The van der Waals surface area contributed by atoms with Crippen molar-refractivity contribution in [3.05, 3.63) is 81.6 Å². The van der Waals surface area contributed by atoms with Gasteiger partial charge in [0.2, 0.25) is 5.91 Å². The fourth-order valence-corrected chi connectivity index (χ4v) is 6.10. The number of carbonyl (C=O) groups excluding carboxylic acids is 4. The average Bonchev–Trinajstić information content (AvgIpc) is 3.05. The molecule has 17 nitrogen and oxygen atoms in total. The number of rotatable bonds is 8. The van der Waals surface area contributed by atoms with Gasteiger partial charge in [0.05, 0.1) is 17.8 Å². The van der Waals surface area contributed by atoms with E-state index in [1.165, 1.54) is 12.1 Å². The van der Waals surface area contributed by atoms with Gasteiger partial charge in [0.1, 0.15) is 23.2 Å². The number of phenols is 2. The number of imide groups is 1. The van der Waals surface area contributed by atoms with Crippen molar-refractivity contribution in [2.24, 2.45) is 0 Å². The number of amides is 5. The molecule has 0 radical (unpaired) electrons. The van der Waals surface area contributed by atoms with Gasteiger partial charge in [-0.15, -0.1) is 0 Å². The number of carboxylic acids is 1. The highest BCUT2D eigenvalue weighted by molar-refractivity contribution is 7.60. The van der Waals surface area contributed by atoms with Crippen molar-refractivity contribution in [2.45, 2.75) is 24.9 Å². The maximum Gasteiger partial charge on any atom is 0.547 e. The molecule has 5 rings (SSSR count). The maximum atomic E-state index is 14.2. The highest BCUT2D eigenvalue weighted by atomic mass is 35.5. The third kappa shape index (κ3) is 7.22. The van der Waals surface area contributed by atoms with Crippen LogP contribution in [0.2, 0.25) is 5.02 Å². The molecule has 1 saturated heterocycles. The molecule has 0 bridgehead atoms. The standard InChI is InChI=1S/C29H26BClFN4O13P/c31-17-6-8-19(37)23(38)16(17)12-35-9-10-36(27(41)26(35)40)29(44)34-22(13-1-4-15(5-2-13)50(46,47)48)25(39)33-20-11-14-3-7-18(32)21(28(42)43)24(14)49-30(20)45/h1-8,20,22,37-38,45H,9-12H2,(H,33,39)(H,34,44)(H,42,43)(H2,46,47,48)/t20-,22?/m0/s1. The van der Waals surface area contributed by atoms with E-state index in [0.717, 1.165) is 41.3 Å². The summed E-state index contributed by atoms with van der Waals surface area (Å²) in [6.45, 7) is -1.04. The lowest BCUT2D eigenvalue weighted by molar-refractivity contribution is -0.154. The number of carbonyl (C=O) groups is 5. The predicted octanol–water partition coefficient (Wildman–Crippen LogP) is 0.153. The van der Waals surface area contributed by atoms with Crippen LogP contribution in [0.4, 0.5) is 9.18 Å². The van der Waals surface area contributed by atoms with Gasteiger partial charge in [-0.05, 0) is 47.9 Å². The van der Waals surface area contributed by atoms with Gasteiger partial charge >= 0.3 is 38.5 Å². The van der Waals surface area contributed by atoms with Gasteiger partial charge in [-0.1, -0.05) is 29.8 Å². The van der Waals surface area contributed by atoms with Gasteiger partial charge in [-0.2, -0.15) is 0 Å². The number of benzene rings is 3. The van der Waals surface area contributed by atoms with Crippen molar-refractivity contribution >= 4 is 61.3 Å². The van der Waals surface area contributed by atoms with Crippen LogP contribution in [0.25, 0.3) is 0 Å². The number of aromatic hydroxyl groups is 2. The van der Waals surface area contributed by atoms with E-state index in [-0.39, 0.29) is 34.7 Å². The minimum absolute atomic E-state index is 0.00851. The molecule has 0 spiro atoms. The predicted molar refractivity (Wildman–Crippen MR) is 169 cm³/mol. The highest BCUT2D eigenvalue weighted by Crippen LogP contribution is 2.36. The van der Waals surface area contributed by atoms with E-state index in [1.54, 1.807) is 0 Å². The summed E-state index contributed by atoms with van der Waals surface area (Å²) in [6.07, 6.45) is -0.256. The van der Waals surface area contributed by atoms with Crippen LogP contribution in [0.1, 0.15) is 33.1 Å². The monoisotopic (exact) mass is 734 g/mol. The maximum absolute atomic E-state index is 14.2. The van der Waals surface area contributed by atoms with Gasteiger partial charge < -0.3 is 50.3 Å². The van der Waals surface area contributed by atoms with E-state index in [2.05, 4.69) is 10.6 Å². The number of hydrogen-bond donors (Lipinski definition) is 8. The molecular weight excluding hydrogens is 709 g/mol. The van der Waals surface area contributed by atoms with Crippen LogP contribution in [0.15, 0.2) is 48.5 Å². The van der Waals surface area contributed by atoms with Crippen molar-refractivity contribution < 1.29 is 67.7 Å². The lowest BCUT2D eigenvalue weighted by Crippen LogP contribution is -2.60. The first-order valence-corrected chi connectivity index (χ1v) is 16.4. The lowest BCUT2D eigenvalue weighted by atomic mass is 9.72. The molecule has 0 aliphatic carbocycles. The summed E-state index contributed by atoms with van der Waals surface area (Å²) in [6, 6.07) is 5.72. The fourth-order valence-electron chi connectivity index (χ4n) is 5.35. The molecule has 50 heavy (non-hydrogen) atoms. The van der Waals surface area contributed by atoms with Gasteiger partial charge in [0, 0.05) is 23.7 Å².